The lowest BCUT2D eigenvalue weighted by Crippen LogP contribution is -2.32. The number of aliphatic hydroxyl groups is 1. The fourth-order valence-corrected chi connectivity index (χ4v) is 2.41. The monoisotopic (exact) mass is 324 g/mol. The molecule has 1 aliphatic rings. The minimum absolute atomic E-state index is 0. The van der Waals surface area contributed by atoms with E-state index in [0.717, 1.165) is 11.5 Å². The Morgan fingerprint density at radius 1 is 1.55 bits per heavy atom. The molecule has 8 heteroatoms. The van der Waals surface area contributed by atoms with Gasteiger partial charge in [-0.3, -0.25) is 4.79 Å². The Morgan fingerprint density at radius 3 is 2.65 bits per heavy atom. The second-order valence-corrected chi connectivity index (χ2v) is 5.11. The Hall–Kier alpha value is -0.820. The number of aliphatic hydroxyl groups excluding tert-OH is 1. The molecule has 1 aromatic heterocycles. The molecule has 1 heterocycles. The molecule has 0 spiro atoms. The minimum atomic E-state index is -0.557. The minimum Gasteiger partial charge on any atom is -0.391 e. The topological polar surface area (TPSA) is 95.2 Å². The number of nitrogens with zero attached hydrogens (tertiary/aromatic N) is 2. The van der Waals surface area contributed by atoms with Crippen molar-refractivity contribution in [3.63, 3.8) is 0 Å². The highest BCUT2D eigenvalue weighted by Crippen LogP contribution is 2.26. The van der Waals surface area contributed by atoms with Gasteiger partial charge in [0.25, 0.3) is 0 Å². The smallest absolute Gasteiger partial charge is 0.225 e. The number of aryl methyl sites for hydroxylation is 1. The van der Waals surface area contributed by atoms with Gasteiger partial charge >= 0.3 is 0 Å². The number of halogens is 2. The van der Waals surface area contributed by atoms with Gasteiger partial charge in [0.15, 0.2) is 0 Å². The summed E-state index contributed by atoms with van der Waals surface area (Å²) in [6, 6.07) is -0.279. The van der Waals surface area contributed by atoms with Crippen molar-refractivity contribution in [2.75, 3.05) is 7.05 Å². The van der Waals surface area contributed by atoms with Crippen LogP contribution in [0.15, 0.2) is 6.20 Å². The van der Waals surface area contributed by atoms with Crippen LogP contribution in [0.5, 0.6) is 0 Å². The Balaban J connectivity index is 0.00000180. The van der Waals surface area contributed by atoms with E-state index in [1.54, 1.807) is 18.1 Å². The highest BCUT2D eigenvalue weighted by Gasteiger charge is 2.36. The third kappa shape index (κ3) is 4.34. The van der Waals surface area contributed by atoms with Crippen LogP contribution >= 0.6 is 24.8 Å². The van der Waals surface area contributed by atoms with E-state index < -0.39 is 6.10 Å². The third-order valence-corrected chi connectivity index (χ3v) is 3.44. The van der Waals surface area contributed by atoms with Gasteiger partial charge in [-0.2, -0.15) is 0 Å². The number of nitrogens with two attached hydrogens (primary N) is 1. The van der Waals surface area contributed by atoms with E-state index in [1.807, 2.05) is 6.92 Å². The molecule has 0 saturated heterocycles. The number of hydrogen-bond donors (Lipinski definition) is 3. The van der Waals surface area contributed by atoms with Crippen molar-refractivity contribution in [2.24, 2.45) is 11.7 Å². The first kappa shape index (κ1) is 19.2. The predicted octanol–water partition coefficient (Wildman–Crippen LogP) is 0.618. The van der Waals surface area contributed by atoms with Gasteiger partial charge in [-0.05, 0) is 19.8 Å². The standard InChI is InChI=1S/C12H20N4O2.2ClH/c1-7-5-14-11(15-7)6-16(2)12(18)8-3-9(13)10(17)4-8;;/h5,8-10,17H,3-4,6,13H2,1-2H3,(H,14,15);2*1H/t8-,9+,10+;;/m0../s1. The number of aromatic amines is 1. The van der Waals surface area contributed by atoms with Crippen LogP contribution in [0.25, 0.3) is 0 Å². The van der Waals surface area contributed by atoms with Crippen LogP contribution in [0.3, 0.4) is 0 Å². The van der Waals surface area contributed by atoms with Crippen molar-refractivity contribution >= 4 is 30.7 Å². The SMILES string of the molecule is Cc1cnc(CN(C)C(=O)[C@H]2C[C@@H](N)[C@H](O)C2)[nH]1.Cl.Cl. The number of rotatable bonds is 3. The van der Waals surface area contributed by atoms with E-state index >= 15 is 0 Å². The lowest BCUT2D eigenvalue weighted by Gasteiger charge is -2.19. The van der Waals surface area contributed by atoms with Crippen LogP contribution in [0, 0.1) is 12.8 Å². The highest BCUT2D eigenvalue weighted by molar-refractivity contribution is 5.85. The van der Waals surface area contributed by atoms with Gasteiger partial charge in [-0.1, -0.05) is 0 Å². The zero-order valence-corrected chi connectivity index (χ0v) is 13.2. The summed E-state index contributed by atoms with van der Waals surface area (Å²) in [7, 11) is 1.75. The molecule has 6 nitrogen and oxygen atoms in total. The summed E-state index contributed by atoms with van der Waals surface area (Å²) in [6.07, 6.45) is 2.20. The fourth-order valence-electron chi connectivity index (χ4n) is 2.41. The molecular formula is C12H22Cl2N4O2. The van der Waals surface area contributed by atoms with Gasteiger partial charge in [0.05, 0.1) is 12.6 Å². The number of H-pyrrole nitrogens is 1. The molecule has 0 bridgehead atoms. The fraction of sp³-hybridized carbons (Fsp3) is 0.667. The largest absolute Gasteiger partial charge is 0.391 e. The van der Waals surface area contributed by atoms with E-state index in [0.29, 0.717) is 19.4 Å². The van der Waals surface area contributed by atoms with Crippen molar-refractivity contribution in [1.29, 1.82) is 0 Å². The Labute approximate surface area is 131 Å². The van der Waals surface area contributed by atoms with Crippen molar-refractivity contribution < 1.29 is 9.90 Å². The number of carbonyl (C=O) groups is 1. The molecule has 1 aromatic rings. The maximum absolute atomic E-state index is 12.2. The van der Waals surface area contributed by atoms with Crippen LogP contribution in [0.2, 0.25) is 0 Å². The highest BCUT2D eigenvalue weighted by atomic mass is 35.5. The van der Waals surface area contributed by atoms with Gasteiger partial charge in [-0.25, -0.2) is 4.98 Å². The van der Waals surface area contributed by atoms with Crippen LogP contribution in [-0.4, -0.2) is 45.1 Å². The maximum atomic E-state index is 12.2. The molecule has 1 aliphatic carbocycles. The summed E-state index contributed by atoms with van der Waals surface area (Å²) < 4.78 is 0. The van der Waals surface area contributed by atoms with Crippen molar-refractivity contribution in [3.05, 3.63) is 17.7 Å². The van der Waals surface area contributed by atoms with Gasteiger partial charge in [0.1, 0.15) is 5.82 Å². The molecule has 116 valence electrons. The molecule has 1 amide bonds. The normalized spacial score (nSPS) is 24.7. The van der Waals surface area contributed by atoms with Crippen LogP contribution < -0.4 is 5.73 Å². The van der Waals surface area contributed by atoms with Crippen molar-refractivity contribution in [2.45, 2.75) is 38.5 Å². The number of aromatic nitrogens is 2. The number of hydrogen-bond acceptors (Lipinski definition) is 4. The van der Waals surface area contributed by atoms with E-state index in [1.165, 1.54) is 0 Å². The molecule has 1 fully saturated rings. The number of amides is 1. The van der Waals surface area contributed by atoms with Crippen LogP contribution in [0.1, 0.15) is 24.4 Å². The maximum Gasteiger partial charge on any atom is 0.225 e. The van der Waals surface area contributed by atoms with Gasteiger partial charge in [0.2, 0.25) is 5.91 Å². The molecule has 0 radical (unpaired) electrons. The predicted molar refractivity (Wildman–Crippen MR) is 81.0 cm³/mol. The van der Waals surface area contributed by atoms with E-state index in [-0.39, 0.29) is 42.7 Å². The summed E-state index contributed by atoms with van der Waals surface area (Å²) in [5, 5.41) is 9.58. The van der Waals surface area contributed by atoms with Crippen molar-refractivity contribution in [3.8, 4) is 0 Å². The second kappa shape index (κ2) is 7.83. The van der Waals surface area contributed by atoms with Gasteiger partial charge in [0, 0.05) is 30.9 Å². The van der Waals surface area contributed by atoms with Crippen LogP contribution in [0.4, 0.5) is 0 Å². The average Bonchev–Trinajstić information content (AvgIpc) is 2.85. The number of imidazole rings is 1. The third-order valence-electron chi connectivity index (χ3n) is 3.44. The molecular weight excluding hydrogens is 303 g/mol. The zero-order chi connectivity index (χ0) is 13.3. The molecule has 20 heavy (non-hydrogen) atoms. The summed E-state index contributed by atoms with van der Waals surface area (Å²) in [5.41, 5.74) is 6.70. The lowest BCUT2D eigenvalue weighted by atomic mass is 10.1. The number of nitrogens with one attached hydrogen (secondary N) is 1. The molecule has 3 atom stereocenters. The van der Waals surface area contributed by atoms with Gasteiger partial charge < -0.3 is 20.7 Å². The average molecular weight is 325 g/mol. The number of carbonyl (C=O) groups excluding carboxylic acids is 1. The molecule has 1 saturated carbocycles. The van der Waals surface area contributed by atoms with E-state index in [4.69, 9.17) is 5.73 Å². The molecule has 2 rings (SSSR count). The van der Waals surface area contributed by atoms with E-state index in [9.17, 15) is 9.90 Å². The molecule has 0 aliphatic heterocycles. The first-order valence-electron chi connectivity index (χ1n) is 6.16. The molecule has 0 unspecified atom stereocenters. The summed E-state index contributed by atoms with van der Waals surface area (Å²) in [4.78, 5) is 21.1. The quantitative estimate of drug-likeness (QED) is 0.759. The Bertz CT molecular complexity index is 431. The molecule has 4 N–H and O–H groups in total. The van der Waals surface area contributed by atoms with Crippen molar-refractivity contribution in [1.82, 2.24) is 14.9 Å². The van der Waals surface area contributed by atoms with Crippen LogP contribution in [-0.2, 0) is 11.3 Å². The van der Waals surface area contributed by atoms with E-state index in [2.05, 4.69) is 9.97 Å². The summed E-state index contributed by atoms with van der Waals surface area (Å²) >= 11 is 0. The van der Waals surface area contributed by atoms with Gasteiger partial charge in [-0.15, -0.1) is 24.8 Å². The lowest BCUT2D eigenvalue weighted by molar-refractivity contribution is -0.134. The molecule has 0 aromatic carbocycles. The zero-order valence-electron chi connectivity index (χ0n) is 11.6. The second-order valence-electron chi connectivity index (χ2n) is 5.11. The Kier molecular flexibility index (Phi) is 7.51. The first-order chi connectivity index (χ1) is 8.47. The Morgan fingerprint density at radius 2 is 2.20 bits per heavy atom. The summed E-state index contributed by atoms with van der Waals surface area (Å²) in [6.45, 7) is 2.37. The summed E-state index contributed by atoms with van der Waals surface area (Å²) in [5.74, 6) is 0.623. The first-order valence-corrected chi connectivity index (χ1v) is 6.16.